The first kappa shape index (κ1) is 21.1. The summed E-state index contributed by atoms with van der Waals surface area (Å²) in [5.41, 5.74) is 3.18. The van der Waals surface area contributed by atoms with Crippen molar-refractivity contribution in [1.82, 2.24) is 9.80 Å². The van der Waals surface area contributed by atoms with Gasteiger partial charge in [0.05, 0.1) is 0 Å². The fourth-order valence-corrected chi connectivity index (χ4v) is 5.56. The van der Waals surface area contributed by atoms with Gasteiger partial charge < -0.3 is 9.80 Å². The van der Waals surface area contributed by atoms with Crippen LogP contribution in [-0.2, 0) is 4.79 Å². The molecule has 4 rings (SSSR count). The Labute approximate surface area is 187 Å². The molecule has 0 aromatic heterocycles. The van der Waals surface area contributed by atoms with E-state index in [-0.39, 0.29) is 18.5 Å². The molecule has 0 radical (unpaired) electrons. The van der Waals surface area contributed by atoms with Gasteiger partial charge >= 0.3 is 6.03 Å². The molecule has 1 unspecified atom stereocenters. The fraction of sp³-hybridized carbons (Fsp3) is 0.391. The lowest BCUT2D eigenvalue weighted by atomic mass is 10.1. The minimum absolute atomic E-state index is 0.0227. The van der Waals surface area contributed by atoms with Crippen LogP contribution in [0.3, 0.4) is 0 Å². The quantitative estimate of drug-likeness (QED) is 0.693. The van der Waals surface area contributed by atoms with Gasteiger partial charge in [0.1, 0.15) is 6.54 Å². The van der Waals surface area contributed by atoms with E-state index in [9.17, 15) is 9.59 Å². The smallest absolute Gasteiger partial charge is 0.325 e. The van der Waals surface area contributed by atoms with Crippen molar-refractivity contribution in [2.45, 2.75) is 18.6 Å². The molecular formula is C23H26ClN3O2S. The largest absolute Gasteiger partial charge is 0.340 e. The van der Waals surface area contributed by atoms with Gasteiger partial charge in [0, 0.05) is 47.9 Å². The molecule has 2 heterocycles. The minimum Gasteiger partial charge on any atom is -0.340 e. The molecule has 2 aliphatic rings. The Hall–Kier alpha value is -2.18. The number of nitrogens with zero attached hydrogens (tertiary/aromatic N) is 3. The zero-order chi connectivity index (χ0) is 21.1. The maximum absolute atomic E-state index is 12.9. The van der Waals surface area contributed by atoms with E-state index in [0.717, 1.165) is 34.0 Å². The molecule has 5 nitrogen and oxygen atoms in total. The number of aryl methyl sites for hydroxylation is 1. The first-order valence-electron chi connectivity index (χ1n) is 10.3. The Kier molecular flexibility index (Phi) is 6.54. The topological polar surface area (TPSA) is 43.9 Å². The second kappa shape index (κ2) is 9.31. The van der Waals surface area contributed by atoms with E-state index in [1.165, 1.54) is 0 Å². The zero-order valence-corrected chi connectivity index (χ0v) is 18.7. The van der Waals surface area contributed by atoms with Crippen LogP contribution < -0.4 is 4.90 Å². The standard InChI is InChI=1S/C23H26ClN3O2S/c1-17-6-8-18(9-7-17)27-13-12-26(23(27)29)16-22(28)25-11-10-21(30-15-14-25)19-4-2-3-5-20(19)24/h2-9,21H,10-16H2,1H3. The van der Waals surface area contributed by atoms with Crippen LogP contribution in [0.25, 0.3) is 0 Å². The number of thioether (sulfide) groups is 1. The number of halogens is 1. The van der Waals surface area contributed by atoms with Gasteiger partial charge in [-0.05, 0) is 37.1 Å². The van der Waals surface area contributed by atoms with Crippen LogP contribution in [0.2, 0.25) is 5.02 Å². The van der Waals surface area contributed by atoms with E-state index in [1.54, 1.807) is 9.80 Å². The highest BCUT2D eigenvalue weighted by molar-refractivity contribution is 7.99. The van der Waals surface area contributed by atoms with Crippen molar-refractivity contribution in [3.05, 3.63) is 64.7 Å². The van der Waals surface area contributed by atoms with Crippen LogP contribution in [-0.4, -0.2) is 60.2 Å². The molecule has 0 bridgehead atoms. The molecular weight excluding hydrogens is 418 g/mol. The SMILES string of the molecule is Cc1ccc(N2CCN(CC(=O)N3CCSC(c4ccccc4Cl)CC3)C2=O)cc1. The van der Waals surface area contributed by atoms with E-state index < -0.39 is 0 Å². The number of carbonyl (C=O) groups is 2. The van der Waals surface area contributed by atoms with Crippen molar-refractivity contribution in [2.75, 3.05) is 43.4 Å². The molecule has 0 saturated carbocycles. The summed E-state index contributed by atoms with van der Waals surface area (Å²) in [6.07, 6.45) is 0.865. The van der Waals surface area contributed by atoms with Crippen molar-refractivity contribution in [2.24, 2.45) is 0 Å². The molecule has 2 aromatic rings. The summed E-state index contributed by atoms with van der Waals surface area (Å²) in [4.78, 5) is 31.0. The van der Waals surface area contributed by atoms with Crippen molar-refractivity contribution < 1.29 is 9.59 Å². The van der Waals surface area contributed by atoms with Gasteiger partial charge in [-0.15, -0.1) is 0 Å². The number of hydrogen-bond acceptors (Lipinski definition) is 3. The van der Waals surface area contributed by atoms with Crippen LogP contribution >= 0.6 is 23.4 Å². The monoisotopic (exact) mass is 443 g/mol. The Bertz CT molecular complexity index is 921. The van der Waals surface area contributed by atoms with Gasteiger partial charge in [-0.2, -0.15) is 11.8 Å². The first-order chi connectivity index (χ1) is 14.5. The lowest BCUT2D eigenvalue weighted by Crippen LogP contribution is -2.43. The minimum atomic E-state index is -0.0923. The molecule has 3 amide bonds. The Morgan fingerprint density at radius 1 is 1.07 bits per heavy atom. The van der Waals surface area contributed by atoms with Crippen LogP contribution in [0.15, 0.2) is 48.5 Å². The van der Waals surface area contributed by atoms with Gasteiger partial charge in [0.25, 0.3) is 0 Å². The van der Waals surface area contributed by atoms with Crippen molar-refractivity contribution in [3.63, 3.8) is 0 Å². The van der Waals surface area contributed by atoms with E-state index in [2.05, 4.69) is 6.07 Å². The molecule has 2 fully saturated rings. The average molecular weight is 444 g/mol. The van der Waals surface area contributed by atoms with Gasteiger partial charge in [-0.3, -0.25) is 9.69 Å². The normalized spacial score (nSPS) is 19.9. The van der Waals surface area contributed by atoms with E-state index >= 15 is 0 Å². The maximum atomic E-state index is 12.9. The first-order valence-corrected chi connectivity index (χ1v) is 11.7. The summed E-state index contributed by atoms with van der Waals surface area (Å²) in [5, 5.41) is 1.08. The van der Waals surface area contributed by atoms with Gasteiger partial charge in [0.2, 0.25) is 5.91 Å². The predicted octanol–water partition coefficient (Wildman–Crippen LogP) is 4.60. The van der Waals surface area contributed by atoms with Crippen LogP contribution in [0.4, 0.5) is 10.5 Å². The highest BCUT2D eigenvalue weighted by Gasteiger charge is 2.32. The van der Waals surface area contributed by atoms with E-state index in [4.69, 9.17) is 11.6 Å². The molecule has 1 atom stereocenters. The van der Waals surface area contributed by atoms with E-state index in [1.807, 2.05) is 66.1 Å². The van der Waals surface area contributed by atoms with E-state index in [0.29, 0.717) is 31.4 Å². The van der Waals surface area contributed by atoms with Gasteiger partial charge in [-0.25, -0.2) is 4.79 Å². The molecule has 2 aromatic carbocycles. The molecule has 30 heavy (non-hydrogen) atoms. The second-order valence-corrected chi connectivity index (χ2v) is 9.46. The lowest BCUT2D eigenvalue weighted by Gasteiger charge is -2.24. The van der Waals surface area contributed by atoms with Crippen LogP contribution in [0.5, 0.6) is 0 Å². The van der Waals surface area contributed by atoms with Crippen LogP contribution in [0, 0.1) is 6.92 Å². The third-order valence-corrected chi connectivity index (χ3v) is 7.37. The number of rotatable bonds is 4. The number of amides is 3. The number of benzene rings is 2. The third-order valence-electron chi connectivity index (χ3n) is 5.71. The molecule has 0 spiro atoms. The third kappa shape index (κ3) is 4.60. The Morgan fingerprint density at radius 3 is 2.60 bits per heavy atom. The predicted molar refractivity (Wildman–Crippen MR) is 123 cm³/mol. The van der Waals surface area contributed by atoms with Gasteiger partial charge in [0.15, 0.2) is 0 Å². The molecule has 158 valence electrons. The number of hydrogen-bond donors (Lipinski definition) is 0. The van der Waals surface area contributed by atoms with Gasteiger partial charge in [-0.1, -0.05) is 47.5 Å². The summed E-state index contributed by atoms with van der Waals surface area (Å²) in [5.74, 6) is 0.889. The van der Waals surface area contributed by atoms with Crippen LogP contribution in [0.1, 0.15) is 22.8 Å². The molecule has 0 N–H and O–H groups in total. The summed E-state index contributed by atoms with van der Waals surface area (Å²) < 4.78 is 0. The highest BCUT2D eigenvalue weighted by Crippen LogP contribution is 2.37. The average Bonchev–Trinajstić information content (AvgIpc) is 2.95. The number of urea groups is 1. The van der Waals surface area contributed by atoms with Crippen molar-refractivity contribution in [3.8, 4) is 0 Å². The van der Waals surface area contributed by atoms with Crippen molar-refractivity contribution in [1.29, 1.82) is 0 Å². The number of carbonyl (C=O) groups excluding carboxylic acids is 2. The molecule has 7 heteroatoms. The fourth-order valence-electron chi connectivity index (χ4n) is 3.96. The summed E-state index contributed by atoms with van der Waals surface area (Å²) in [6.45, 7) is 4.74. The second-order valence-electron chi connectivity index (χ2n) is 7.74. The summed E-state index contributed by atoms with van der Waals surface area (Å²) in [7, 11) is 0. The molecule has 2 saturated heterocycles. The molecule has 2 aliphatic heterocycles. The Morgan fingerprint density at radius 2 is 1.83 bits per heavy atom. The van der Waals surface area contributed by atoms with Crippen molar-refractivity contribution >= 4 is 41.0 Å². The molecule has 0 aliphatic carbocycles. The zero-order valence-electron chi connectivity index (χ0n) is 17.1. The maximum Gasteiger partial charge on any atom is 0.325 e. The number of anilines is 1. The summed E-state index contributed by atoms with van der Waals surface area (Å²) >= 11 is 8.22. The lowest BCUT2D eigenvalue weighted by molar-refractivity contribution is -0.131. The highest BCUT2D eigenvalue weighted by atomic mass is 35.5. The Balaban J connectivity index is 1.34. The summed E-state index contributed by atoms with van der Waals surface area (Å²) in [6, 6.07) is 15.8.